The summed E-state index contributed by atoms with van der Waals surface area (Å²) < 4.78 is 6.18. The van der Waals surface area contributed by atoms with Crippen LogP contribution < -0.4 is 16.1 Å². The standard InChI is InChI=1S/C18H38N4O2/c1-6-7-8-9-10-22-12-15(18(3,4)5)19-11-17(22)23-13-16-20-14(2)21-24-16/h14-17,19-21H,6-13H2,1-5H3. The molecule has 2 aliphatic rings. The number of nitrogens with zero attached hydrogens (tertiary/aromatic N) is 1. The average Bonchev–Trinajstić information content (AvgIpc) is 2.94. The summed E-state index contributed by atoms with van der Waals surface area (Å²) in [5.41, 5.74) is 3.19. The van der Waals surface area contributed by atoms with Crippen molar-refractivity contribution >= 4 is 0 Å². The fourth-order valence-electron chi connectivity index (χ4n) is 3.32. The number of hydroxylamine groups is 1. The van der Waals surface area contributed by atoms with Crippen molar-refractivity contribution in [1.82, 2.24) is 21.0 Å². The summed E-state index contributed by atoms with van der Waals surface area (Å²) in [6, 6.07) is 0.506. The summed E-state index contributed by atoms with van der Waals surface area (Å²) in [6.07, 6.45) is 5.40. The molecule has 3 N–H and O–H groups in total. The molecule has 2 rings (SSSR count). The third-order valence-electron chi connectivity index (χ3n) is 4.97. The Labute approximate surface area is 148 Å². The van der Waals surface area contributed by atoms with E-state index >= 15 is 0 Å². The lowest BCUT2D eigenvalue weighted by molar-refractivity contribution is -0.122. The first-order valence-corrected chi connectivity index (χ1v) is 9.66. The van der Waals surface area contributed by atoms with Gasteiger partial charge in [0.15, 0.2) is 6.23 Å². The van der Waals surface area contributed by atoms with Crippen molar-refractivity contribution in [2.24, 2.45) is 5.41 Å². The van der Waals surface area contributed by atoms with Crippen LogP contribution in [-0.4, -0.2) is 55.8 Å². The number of unbranched alkanes of at least 4 members (excludes halogenated alkanes) is 3. The van der Waals surface area contributed by atoms with Crippen molar-refractivity contribution in [3.8, 4) is 0 Å². The molecular weight excluding hydrogens is 304 g/mol. The summed E-state index contributed by atoms with van der Waals surface area (Å²) in [4.78, 5) is 7.98. The highest BCUT2D eigenvalue weighted by Crippen LogP contribution is 2.24. The Hall–Kier alpha value is -0.240. The first kappa shape index (κ1) is 20.1. The topological polar surface area (TPSA) is 57.8 Å². The van der Waals surface area contributed by atoms with Gasteiger partial charge in [-0.1, -0.05) is 47.0 Å². The fraction of sp³-hybridized carbons (Fsp3) is 1.00. The number of hydrogen-bond acceptors (Lipinski definition) is 6. The molecule has 2 fully saturated rings. The van der Waals surface area contributed by atoms with Crippen LogP contribution in [0.2, 0.25) is 0 Å². The lowest BCUT2D eigenvalue weighted by Crippen LogP contribution is -2.61. The summed E-state index contributed by atoms with van der Waals surface area (Å²) in [5.74, 6) is 0. The van der Waals surface area contributed by atoms with Crippen LogP contribution in [0.5, 0.6) is 0 Å². The molecule has 142 valence electrons. The largest absolute Gasteiger partial charge is 0.358 e. The Balaban J connectivity index is 1.83. The molecule has 0 amide bonds. The van der Waals surface area contributed by atoms with Gasteiger partial charge in [-0.2, -0.15) is 5.48 Å². The molecule has 0 radical (unpaired) electrons. The minimum atomic E-state index is -0.0673. The van der Waals surface area contributed by atoms with Gasteiger partial charge in [0.2, 0.25) is 0 Å². The molecule has 0 aromatic carbocycles. The highest BCUT2D eigenvalue weighted by molar-refractivity contribution is 4.89. The number of nitrogens with one attached hydrogen (secondary N) is 3. The van der Waals surface area contributed by atoms with Crippen LogP contribution >= 0.6 is 0 Å². The lowest BCUT2D eigenvalue weighted by Gasteiger charge is -2.45. The molecule has 0 aliphatic carbocycles. The van der Waals surface area contributed by atoms with E-state index in [0.29, 0.717) is 12.6 Å². The smallest absolute Gasteiger partial charge is 0.154 e. The molecule has 4 unspecified atom stereocenters. The molecule has 6 heteroatoms. The van der Waals surface area contributed by atoms with Crippen LogP contribution in [0, 0.1) is 5.41 Å². The van der Waals surface area contributed by atoms with Crippen LogP contribution in [0.15, 0.2) is 0 Å². The fourth-order valence-corrected chi connectivity index (χ4v) is 3.32. The molecule has 2 heterocycles. The SMILES string of the molecule is CCCCCCN1CC(C(C)(C)C)NCC1OCC1NC(C)NO1. The van der Waals surface area contributed by atoms with E-state index < -0.39 is 0 Å². The zero-order valence-corrected chi connectivity index (χ0v) is 16.2. The number of ether oxygens (including phenoxy) is 1. The molecule has 0 spiro atoms. The molecule has 6 nitrogen and oxygen atoms in total. The normalized spacial score (nSPS) is 32.4. The Morgan fingerprint density at radius 1 is 1.21 bits per heavy atom. The zero-order chi connectivity index (χ0) is 17.6. The van der Waals surface area contributed by atoms with Crippen molar-refractivity contribution in [1.29, 1.82) is 0 Å². The predicted molar refractivity (Wildman–Crippen MR) is 97.3 cm³/mol. The van der Waals surface area contributed by atoms with Gasteiger partial charge in [0.25, 0.3) is 0 Å². The second-order valence-electron chi connectivity index (χ2n) is 8.28. The predicted octanol–water partition coefficient (Wildman–Crippen LogP) is 2.03. The van der Waals surface area contributed by atoms with Gasteiger partial charge in [0.1, 0.15) is 6.23 Å². The lowest BCUT2D eigenvalue weighted by atomic mass is 9.85. The van der Waals surface area contributed by atoms with E-state index in [2.05, 4.69) is 48.7 Å². The van der Waals surface area contributed by atoms with E-state index in [1.807, 2.05) is 6.92 Å². The first-order chi connectivity index (χ1) is 11.4. The molecule has 0 aromatic heterocycles. The highest BCUT2D eigenvalue weighted by Gasteiger charge is 2.35. The van der Waals surface area contributed by atoms with Gasteiger partial charge < -0.3 is 10.1 Å². The number of piperazine rings is 1. The maximum Gasteiger partial charge on any atom is 0.154 e. The van der Waals surface area contributed by atoms with Crippen LogP contribution in [0.3, 0.4) is 0 Å². The minimum Gasteiger partial charge on any atom is -0.358 e. The monoisotopic (exact) mass is 342 g/mol. The molecule has 2 saturated heterocycles. The van der Waals surface area contributed by atoms with Crippen LogP contribution in [0.1, 0.15) is 60.3 Å². The van der Waals surface area contributed by atoms with Gasteiger partial charge in [-0.15, -0.1) is 0 Å². The number of hydrogen-bond donors (Lipinski definition) is 3. The van der Waals surface area contributed by atoms with E-state index in [9.17, 15) is 0 Å². The molecule has 0 bridgehead atoms. The van der Waals surface area contributed by atoms with Gasteiger partial charge in [-0.3, -0.25) is 15.1 Å². The molecule has 2 aliphatic heterocycles. The van der Waals surface area contributed by atoms with Crippen LogP contribution in [0.4, 0.5) is 0 Å². The van der Waals surface area contributed by atoms with Gasteiger partial charge in [0.05, 0.1) is 12.8 Å². The van der Waals surface area contributed by atoms with Gasteiger partial charge in [0, 0.05) is 25.7 Å². The quantitative estimate of drug-likeness (QED) is 0.587. The summed E-state index contributed by atoms with van der Waals surface area (Å²) in [6.45, 7) is 14.8. The van der Waals surface area contributed by atoms with Gasteiger partial charge in [-0.05, 0) is 18.8 Å². The van der Waals surface area contributed by atoms with Crippen molar-refractivity contribution in [2.45, 2.75) is 85.0 Å². The number of rotatable bonds is 8. The van der Waals surface area contributed by atoms with Gasteiger partial charge >= 0.3 is 0 Å². The molecule has 4 atom stereocenters. The Kier molecular flexibility index (Phi) is 7.91. The van der Waals surface area contributed by atoms with Gasteiger partial charge in [-0.25, -0.2) is 0 Å². The van der Waals surface area contributed by atoms with E-state index in [4.69, 9.17) is 9.57 Å². The third kappa shape index (κ3) is 6.24. The second kappa shape index (κ2) is 9.46. The first-order valence-electron chi connectivity index (χ1n) is 9.66. The maximum absolute atomic E-state index is 6.18. The van der Waals surface area contributed by atoms with Crippen molar-refractivity contribution in [3.05, 3.63) is 0 Å². The summed E-state index contributed by atoms with van der Waals surface area (Å²) in [7, 11) is 0. The van der Waals surface area contributed by atoms with Crippen LogP contribution in [0.25, 0.3) is 0 Å². The highest BCUT2D eigenvalue weighted by atomic mass is 16.7. The Morgan fingerprint density at radius 2 is 2.00 bits per heavy atom. The minimum absolute atomic E-state index is 0.0673. The maximum atomic E-state index is 6.18. The van der Waals surface area contributed by atoms with Crippen LogP contribution in [-0.2, 0) is 9.57 Å². The molecule has 0 aromatic rings. The summed E-state index contributed by atoms with van der Waals surface area (Å²) >= 11 is 0. The Bertz CT molecular complexity index is 361. The molecular formula is C18H38N4O2. The zero-order valence-electron chi connectivity index (χ0n) is 16.2. The summed E-state index contributed by atoms with van der Waals surface area (Å²) in [5, 5.41) is 6.99. The molecule has 0 saturated carbocycles. The van der Waals surface area contributed by atoms with E-state index in [0.717, 1.165) is 19.6 Å². The second-order valence-corrected chi connectivity index (χ2v) is 8.28. The van der Waals surface area contributed by atoms with E-state index in [1.165, 1.54) is 25.7 Å². The van der Waals surface area contributed by atoms with E-state index in [1.54, 1.807) is 0 Å². The van der Waals surface area contributed by atoms with Crippen molar-refractivity contribution in [3.63, 3.8) is 0 Å². The molecule has 24 heavy (non-hydrogen) atoms. The van der Waals surface area contributed by atoms with Crippen molar-refractivity contribution in [2.75, 3.05) is 26.2 Å². The Morgan fingerprint density at radius 3 is 2.62 bits per heavy atom. The average molecular weight is 343 g/mol. The third-order valence-corrected chi connectivity index (χ3v) is 4.97. The van der Waals surface area contributed by atoms with Crippen molar-refractivity contribution < 1.29 is 9.57 Å². The van der Waals surface area contributed by atoms with E-state index in [-0.39, 0.29) is 24.0 Å².